The van der Waals surface area contributed by atoms with E-state index in [9.17, 15) is 0 Å². The quantitative estimate of drug-likeness (QED) is 0.838. The number of ether oxygens (including phenoxy) is 1. The molecule has 2 aliphatic heterocycles. The number of morpholine rings is 2. The lowest BCUT2D eigenvalue weighted by Gasteiger charge is -2.42. The minimum Gasteiger partial charge on any atom is -0.369 e. The molecule has 1 aliphatic carbocycles. The molecule has 1 saturated carbocycles. The number of halogens is 1. The first-order chi connectivity index (χ1) is 9.29. The van der Waals surface area contributed by atoms with Gasteiger partial charge in [-0.05, 0) is 30.4 Å². The molecule has 2 unspecified atom stereocenters. The first-order valence-electron chi connectivity index (χ1n) is 7.06. The molecule has 4 nitrogen and oxygen atoms in total. The molecule has 19 heavy (non-hydrogen) atoms. The van der Waals surface area contributed by atoms with E-state index in [1.165, 1.54) is 24.1 Å². The number of nitrogens with zero attached hydrogens (tertiary/aromatic N) is 2. The molecule has 1 aromatic heterocycles. The predicted molar refractivity (Wildman–Crippen MR) is 75.0 cm³/mol. The third kappa shape index (κ3) is 2.33. The summed E-state index contributed by atoms with van der Waals surface area (Å²) >= 11 is 6.20. The van der Waals surface area contributed by atoms with E-state index >= 15 is 0 Å². The van der Waals surface area contributed by atoms with E-state index in [0.29, 0.717) is 23.3 Å². The summed E-state index contributed by atoms with van der Waals surface area (Å²) < 4.78 is 5.94. The van der Waals surface area contributed by atoms with Crippen LogP contribution < -0.4 is 10.2 Å². The third-order valence-corrected chi connectivity index (χ3v) is 4.53. The standard InChI is InChI=1S/C14H18ClN3O/c15-14-13(9-1-2-9)3-10(4-17-14)18-7-11-5-16-6-12(8-18)19-11/h3-4,9,11-12,16H,1-2,5-8H2. The van der Waals surface area contributed by atoms with E-state index in [4.69, 9.17) is 16.3 Å². The second-order valence-corrected chi connectivity index (χ2v) is 6.15. The number of aromatic nitrogens is 1. The maximum atomic E-state index is 6.20. The van der Waals surface area contributed by atoms with Crippen molar-refractivity contribution in [2.24, 2.45) is 0 Å². The van der Waals surface area contributed by atoms with Crippen LogP contribution in [-0.4, -0.2) is 43.4 Å². The third-order valence-electron chi connectivity index (χ3n) is 4.21. The second kappa shape index (κ2) is 4.62. The molecule has 0 spiro atoms. The predicted octanol–water partition coefficient (Wildman–Crippen LogP) is 1.79. The van der Waals surface area contributed by atoms with Crippen LogP contribution in [0.5, 0.6) is 0 Å². The zero-order valence-corrected chi connectivity index (χ0v) is 11.6. The van der Waals surface area contributed by atoms with Gasteiger partial charge in [0, 0.05) is 26.2 Å². The molecule has 2 bridgehead atoms. The smallest absolute Gasteiger partial charge is 0.132 e. The number of rotatable bonds is 2. The Morgan fingerprint density at radius 3 is 2.68 bits per heavy atom. The van der Waals surface area contributed by atoms with Gasteiger partial charge in [0.25, 0.3) is 0 Å². The lowest BCUT2D eigenvalue weighted by molar-refractivity contribution is -0.0484. The van der Waals surface area contributed by atoms with Crippen molar-refractivity contribution < 1.29 is 4.74 Å². The average Bonchev–Trinajstić information content (AvgIpc) is 3.23. The summed E-state index contributed by atoms with van der Waals surface area (Å²) in [5, 5.41) is 4.10. The highest BCUT2D eigenvalue weighted by atomic mass is 35.5. The number of hydrogen-bond donors (Lipinski definition) is 1. The van der Waals surface area contributed by atoms with E-state index in [2.05, 4.69) is 21.3 Å². The number of pyridine rings is 1. The van der Waals surface area contributed by atoms with E-state index in [1.54, 1.807) is 0 Å². The molecule has 1 N–H and O–H groups in total. The van der Waals surface area contributed by atoms with Crippen molar-refractivity contribution in [3.05, 3.63) is 23.0 Å². The van der Waals surface area contributed by atoms with Crippen molar-refractivity contribution >= 4 is 17.3 Å². The molecule has 0 amide bonds. The largest absolute Gasteiger partial charge is 0.369 e. The molecular formula is C14H18ClN3O. The Kier molecular flexibility index (Phi) is 2.90. The second-order valence-electron chi connectivity index (χ2n) is 5.79. The first kappa shape index (κ1) is 11.9. The van der Waals surface area contributed by atoms with Crippen LogP contribution >= 0.6 is 11.6 Å². The van der Waals surface area contributed by atoms with Gasteiger partial charge in [0.15, 0.2) is 0 Å². The molecule has 3 heterocycles. The summed E-state index contributed by atoms with van der Waals surface area (Å²) in [4.78, 5) is 6.77. The average molecular weight is 280 g/mol. The van der Waals surface area contributed by atoms with E-state index in [-0.39, 0.29) is 0 Å². The molecule has 2 saturated heterocycles. The summed E-state index contributed by atoms with van der Waals surface area (Å²) in [6.45, 7) is 3.78. The van der Waals surface area contributed by atoms with Crippen molar-refractivity contribution in [2.75, 3.05) is 31.1 Å². The van der Waals surface area contributed by atoms with Gasteiger partial charge in [-0.2, -0.15) is 0 Å². The van der Waals surface area contributed by atoms with Gasteiger partial charge in [-0.3, -0.25) is 0 Å². The Hall–Kier alpha value is -0.840. The Morgan fingerprint density at radius 2 is 2.00 bits per heavy atom. The van der Waals surface area contributed by atoms with Gasteiger partial charge in [-0.15, -0.1) is 0 Å². The highest BCUT2D eigenvalue weighted by Crippen LogP contribution is 2.43. The van der Waals surface area contributed by atoms with Gasteiger partial charge in [0.1, 0.15) is 5.15 Å². The van der Waals surface area contributed by atoms with Gasteiger partial charge < -0.3 is 15.0 Å². The normalized spacial score (nSPS) is 30.5. The number of fused-ring (bicyclic) bond motifs is 2. The van der Waals surface area contributed by atoms with Gasteiger partial charge in [0.05, 0.1) is 24.1 Å². The summed E-state index contributed by atoms with van der Waals surface area (Å²) in [5.74, 6) is 0.641. The lowest BCUT2D eigenvalue weighted by Crippen LogP contribution is -2.58. The monoisotopic (exact) mass is 279 g/mol. The first-order valence-corrected chi connectivity index (χ1v) is 7.44. The number of anilines is 1. The van der Waals surface area contributed by atoms with Crippen LogP contribution in [0.3, 0.4) is 0 Å². The van der Waals surface area contributed by atoms with Crippen molar-refractivity contribution in [2.45, 2.75) is 31.0 Å². The molecule has 3 aliphatic rings. The highest BCUT2D eigenvalue weighted by molar-refractivity contribution is 6.30. The van der Waals surface area contributed by atoms with Gasteiger partial charge in [0.2, 0.25) is 0 Å². The molecule has 3 fully saturated rings. The number of hydrogen-bond acceptors (Lipinski definition) is 4. The Balaban J connectivity index is 1.59. The highest BCUT2D eigenvalue weighted by Gasteiger charge is 2.32. The summed E-state index contributed by atoms with van der Waals surface area (Å²) in [6.07, 6.45) is 5.01. The van der Waals surface area contributed by atoms with Crippen LogP contribution in [0.15, 0.2) is 12.3 Å². The Morgan fingerprint density at radius 1 is 1.26 bits per heavy atom. The summed E-state index contributed by atoms with van der Waals surface area (Å²) in [5.41, 5.74) is 2.43. The molecular weight excluding hydrogens is 262 g/mol. The fraction of sp³-hybridized carbons (Fsp3) is 0.643. The summed E-state index contributed by atoms with van der Waals surface area (Å²) in [7, 11) is 0. The minimum absolute atomic E-state index is 0.299. The Labute approximate surface area is 118 Å². The van der Waals surface area contributed by atoms with Crippen LogP contribution in [0.4, 0.5) is 5.69 Å². The lowest BCUT2D eigenvalue weighted by atomic mass is 10.1. The maximum absolute atomic E-state index is 6.20. The molecule has 4 rings (SSSR count). The van der Waals surface area contributed by atoms with Crippen molar-refractivity contribution in [3.8, 4) is 0 Å². The van der Waals surface area contributed by atoms with E-state index in [1.807, 2.05) is 6.20 Å². The molecule has 0 radical (unpaired) electrons. The van der Waals surface area contributed by atoms with Crippen molar-refractivity contribution in [3.63, 3.8) is 0 Å². The zero-order chi connectivity index (χ0) is 12.8. The van der Waals surface area contributed by atoms with Crippen LogP contribution in [0.25, 0.3) is 0 Å². The van der Waals surface area contributed by atoms with E-state index < -0.39 is 0 Å². The van der Waals surface area contributed by atoms with Crippen molar-refractivity contribution in [1.29, 1.82) is 0 Å². The molecule has 5 heteroatoms. The van der Waals surface area contributed by atoms with Crippen LogP contribution in [0, 0.1) is 0 Å². The van der Waals surface area contributed by atoms with Gasteiger partial charge >= 0.3 is 0 Å². The minimum atomic E-state index is 0.299. The summed E-state index contributed by atoms with van der Waals surface area (Å²) in [6, 6.07) is 2.24. The van der Waals surface area contributed by atoms with Gasteiger partial charge in [-0.25, -0.2) is 4.98 Å². The fourth-order valence-electron chi connectivity index (χ4n) is 3.07. The van der Waals surface area contributed by atoms with Crippen molar-refractivity contribution in [1.82, 2.24) is 10.3 Å². The maximum Gasteiger partial charge on any atom is 0.132 e. The topological polar surface area (TPSA) is 37.4 Å². The van der Waals surface area contributed by atoms with E-state index in [0.717, 1.165) is 26.2 Å². The molecule has 1 aromatic rings. The fourth-order valence-corrected chi connectivity index (χ4v) is 3.33. The number of nitrogens with one attached hydrogen (secondary N) is 1. The van der Waals surface area contributed by atoms with Crippen LogP contribution in [0.2, 0.25) is 5.15 Å². The molecule has 102 valence electrons. The SMILES string of the molecule is Clc1ncc(N2CC3CNCC(C2)O3)cc1C1CC1. The van der Waals surface area contributed by atoms with Gasteiger partial charge in [-0.1, -0.05) is 11.6 Å². The molecule has 0 aromatic carbocycles. The van der Waals surface area contributed by atoms with Crippen LogP contribution in [0.1, 0.15) is 24.3 Å². The Bertz CT molecular complexity index is 480. The molecule has 2 atom stereocenters. The van der Waals surface area contributed by atoms with Crippen LogP contribution in [-0.2, 0) is 4.74 Å². The zero-order valence-electron chi connectivity index (χ0n) is 10.8.